The molecule has 1 atom stereocenters. The summed E-state index contributed by atoms with van der Waals surface area (Å²) >= 11 is 0. The van der Waals surface area contributed by atoms with Gasteiger partial charge in [0.25, 0.3) is 5.91 Å². The number of hydrogen-bond acceptors (Lipinski definition) is 5. The van der Waals surface area contributed by atoms with Crippen molar-refractivity contribution >= 4 is 23.4 Å². The normalized spacial score (nSPS) is 21.1. The number of fused-ring (bicyclic) bond motifs is 1. The summed E-state index contributed by atoms with van der Waals surface area (Å²) in [5.41, 5.74) is 3.49. The number of alkyl halides is 1. The lowest BCUT2D eigenvalue weighted by Gasteiger charge is -2.36. The summed E-state index contributed by atoms with van der Waals surface area (Å²) in [5, 5.41) is 11.0. The highest BCUT2D eigenvalue weighted by Crippen LogP contribution is 2.38. The van der Waals surface area contributed by atoms with Crippen molar-refractivity contribution < 1.29 is 18.7 Å². The summed E-state index contributed by atoms with van der Waals surface area (Å²) in [6.07, 6.45) is 6.13. The molecular weight excluding hydrogens is 447 g/mol. The molecule has 1 unspecified atom stereocenters. The Labute approximate surface area is 207 Å². The molecule has 190 valence electrons. The van der Waals surface area contributed by atoms with Crippen LogP contribution in [0.2, 0.25) is 0 Å². The van der Waals surface area contributed by atoms with Crippen LogP contribution < -0.4 is 10.2 Å². The SMILES string of the molecule is CC(C)(C)OC(=O)N/C=C1/CC(N(C(=O)c2cccc3c2CCN3CCCF)C2CC2)CCC1=N. The van der Waals surface area contributed by atoms with E-state index in [0.29, 0.717) is 31.5 Å². The highest BCUT2D eigenvalue weighted by molar-refractivity contribution is 6.00. The first-order valence-electron chi connectivity index (χ1n) is 12.7. The number of benzene rings is 1. The Kier molecular flexibility index (Phi) is 7.47. The Morgan fingerprint density at radius 1 is 1.23 bits per heavy atom. The molecule has 0 aromatic heterocycles. The summed E-state index contributed by atoms with van der Waals surface area (Å²) in [5.74, 6) is 0.0505. The van der Waals surface area contributed by atoms with Crippen LogP contribution in [-0.2, 0) is 11.2 Å². The van der Waals surface area contributed by atoms with Crippen molar-refractivity contribution in [3.05, 3.63) is 41.1 Å². The predicted molar refractivity (Wildman–Crippen MR) is 135 cm³/mol. The molecule has 8 heteroatoms. The van der Waals surface area contributed by atoms with Gasteiger partial charge < -0.3 is 19.9 Å². The molecule has 2 aliphatic carbocycles. The number of anilines is 1. The monoisotopic (exact) mass is 484 g/mol. The van der Waals surface area contributed by atoms with Crippen LogP contribution in [-0.4, -0.2) is 60.1 Å². The topological polar surface area (TPSA) is 85.7 Å². The van der Waals surface area contributed by atoms with Gasteiger partial charge in [-0.15, -0.1) is 0 Å². The van der Waals surface area contributed by atoms with Crippen molar-refractivity contribution in [3.63, 3.8) is 0 Å². The second-order valence-corrected chi connectivity index (χ2v) is 10.7. The van der Waals surface area contributed by atoms with Crippen molar-refractivity contribution in [3.8, 4) is 0 Å². The maximum absolute atomic E-state index is 13.9. The van der Waals surface area contributed by atoms with Gasteiger partial charge in [-0.05, 0) is 89.0 Å². The molecule has 35 heavy (non-hydrogen) atoms. The Morgan fingerprint density at radius 2 is 2.00 bits per heavy atom. The molecule has 1 aromatic carbocycles. The quantitative estimate of drug-likeness (QED) is 0.571. The molecular formula is C27H37FN4O3. The average molecular weight is 485 g/mol. The van der Waals surface area contributed by atoms with E-state index in [-0.39, 0.29) is 24.7 Å². The highest BCUT2D eigenvalue weighted by atomic mass is 19.1. The molecule has 2 fully saturated rings. The predicted octanol–water partition coefficient (Wildman–Crippen LogP) is 4.99. The van der Waals surface area contributed by atoms with E-state index in [4.69, 9.17) is 10.1 Å². The number of alkyl carbamates (subject to hydrolysis) is 1. The number of hydrogen-bond donors (Lipinski definition) is 2. The van der Waals surface area contributed by atoms with Crippen LogP contribution >= 0.6 is 0 Å². The van der Waals surface area contributed by atoms with E-state index < -0.39 is 11.7 Å². The van der Waals surface area contributed by atoms with Gasteiger partial charge in [0.15, 0.2) is 0 Å². The van der Waals surface area contributed by atoms with Crippen LogP contribution in [0.4, 0.5) is 14.9 Å². The molecule has 2 N–H and O–H groups in total. The third kappa shape index (κ3) is 6.03. The van der Waals surface area contributed by atoms with Crippen LogP contribution in [0.5, 0.6) is 0 Å². The number of amides is 2. The lowest BCUT2D eigenvalue weighted by atomic mass is 9.87. The lowest BCUT2D eigenvalue weighted by Crippen LogP contribution is -2.45. The lowest BCUT2D eigenvalue weighted by molar-refractivity contribution is 0.0549. The van der Waals surface area contributed by atoms with Crippen LogP contribution in [0, 0.1) is 5.41 Å². The smallest absolute Gasteiger partial charge is 0.411 e. The van der Waals surface area contributed by atoms with Crippen LogP contribution in [0.15, 0.2) is 30.0 Å². The number of rotatable bonds is 7. The largest absolute Gasteiger partial charge is 0.444 e. The molecule has 0 spiro atoms. The second kappa shape index (κ2) is 10.4. The van der Waals surface area contributed by atoms with E-state index in [1.54, 1.807) is 27.0 Å². The summed E-state index contributed by atoms with van der Waals surface area (Å²) in [7, 11) is 0. The third-order valence-electron chi connectivity index (χ3n) is 6.82. The molecule has 0 bridgehead atoms. The standard InChI is InChI=1S/C27H37FN4O3/c1-27(2,3)35-26(34)30-17-18-16-20(10-11-23(18)29)32(19-8-9-19)25(33)22-6-4-7-24-21(22)12-15-31(24)14-5-13-28/h4,6-7,17,19-20,29H,5,8-16H2,1-3H3,(H,30,34)/b18-17-,29-23?. The highest BCUT2D eigenvalue weighted by Gasteiger charge is 2.40. The Hall–Kier alpha value is -2.90. The number of carbonyl (C=O) groups is 2. The molecule has 4 rings (SSSR count). The fourth-order valence-corrected chi connectivity index (χ4v) is 5.09. The maximum atomic E-state index is 13.9. The van der Waals surface area contributed by atoms with Gasteiger partial charge in [-0.25, -0.2) is 4.79 Å². The van der Waals surface area contributed by atoms with E-state index in [1.807, 2.05) is 23.1 Å². The van der Waals surface area contributed by atoms with Crippen molar-refractivity contribution in [1.82, 2.24) is 10.2 Å². The molecule has 2 saturated carbocycles. The minimum atomic E-state index is -0.599. The fraction of sp³-hybridized carbons (Fsp3) is 0.593. The van der Waals surface area contributed by atoms with E-state index >= 15 is 0 Å². The van der Waals surface area contributed by atoms with E-state index in [1.165, 1.54) is 0 Å². The fourth-order valence-electron chi connectivity index (χ4n) is 5.09. The van der Waals surface area contributed by atoms with Gasteiger partial charge in [-0.1, -0.05) is 6.07 Å². The summed E-state index contributed by atoms with van der Waals surface area (Å²) in [6.45, 7) is 6.55. The number of ether oxygens (including phenoxy) is 1. The van der Waals surface area contributed by atoms with Gasteiger partial charge in [0.05, 0.1) is 6.67 Å². The zero-order valence-corrected chi connectivity index (χ0v) is 21.0. The summed E-state index contributed by atoms with van der Waals surface area (Å²) in [6, 6.07) is 6.08. The van der Waals surface area contributed by atoms with Crippen molar-refractivity contribution in [2.45, 2.75) is 83.4 Å². The summed E-state index contributed by atoms with van der Waals surface area (Å²) < 4.78 is 18.0. The number of carbonyl (C=O) groups excluding carboxylic acids is 2. The summed E-state index contributed by atoms with van der Waals surface area (Å²) in [4.78, 5) is 30.2. The Morgan fingerprint density at radius 3 is 2.69 bits per heavy atom. The molecule has 1 aromatic rings. The minimum absolute atomic E-state index is 0.0179. The Bertz CT molecular complexity index is 1010. The first-order chi connectivity index (χ1) is 16.7. The molecule has 0 saturated heterocycles. The van der Waals surface area contributed by atoms with Crippen molar-refractivity contribution in [1.29, 1.82) is 5.41 Å². The second-order valence-electron chi connectivity index (χ2n) is 10.7. The third-order valence-corrected chi connectivity index (χ3v) is 6.82. The first-order valence-corrected chi connectivity index (χ1v) is 12.7. The van der Waals surface area contributed by atoms with Gasteiger partial charge in [0, 0.05) is 48.3 Å². The molecule has 0 radical (unpaired) electrons. The number of nitrogens with one attached hydrogen (secondary N) is 2. The van der Waals surface area contributed by atoms with E-state index in [9.17, 15) is 14.0 Å². The van der Waals surface area contributed by atoms with Gasteiger partial charge in [0.2, 0.25) is 0 Å². The van der Waals surface area contributed by atoms with Gasteiger partial charge in [-0.3, -0.25) is 14.5 Å². The zero-order valence-electron chi connectivity index (χ0n) is 21.0. The molecule has 7 nitrogen and oxygen atoms in total. The van der Waals surface area contributed by atoms with E-state index in [2.05, 4.69) is 10.2 Å². The van der Waals surface area contributed by atoms with Gasteiger partial charge in [0.1, 0.15) is 5.60 Å². The van der Waals surface area contributed by atoms with Gasteiger partial charge >= 0.3 is 6.09 Å². The molecule has 2 amide bonds. The Balaban J connectivity index is 1.51. The van der Waals surface area contributed by atoms with Crippen LogP contribution in [0.25, 0.3) is 0 Å². The van der Waals surface area contributed by atoms with Gasteiger partial charge in [-0.2, -0.15) is 0 Å². The number of nitrogens with zero attached hydrogens (tertiary/aromatic N) is 2. The number of halogens is 1. The zero-order chi connectivity index (χ0) is 25.2. The van der Waals surface area contributed by atoms with Crippen molar-refractivity contribution in [2.75, 3.05) is 24.7 Å². The molecule has 1 heterocycles. The minimum Gasteiger partial charge on any atom is -0.444 e. The first kappa shape index (κ1) is 25.2. The maximum Gasteiger partial charge on any atom is 0.411 e. The average Bonchev–Trinajstić information content (AvgIpc) is 3.55. The van der Waals surface area contributed by atoms with Crippen LogP contribution in [0.3, 0.4) is 0 Å². The molecule has 3 aliphatic rings. The van der Waals surface area contributed by atoms with Crippen LogP contribution in [0.1, 0.15) is 75.2 Å². The molecule has 1 aliphatic heterocycles. The van der Waals surface area contributed by atoms with Crippen molar-refractivity contribution in [2.24, 2.45) is 0 Å². The van der Waals surface area contributed by atoms with E-state index in [0.717, 1.165) is 54.6 Å².